The van der Waals surface area contributed by atoms with Crippen molar-refractivity contribution in [1.29, 1.82) is 0 Å². The van der Waals surface area contributed by atoms with E-state index in [1.165, 1.54) is 22.3 Å². The third-order valence-electron chi connectivity index (χ3n) is 3.22. The molecule has 3 heteroatoms. The fraction of sp³-hybridized carbons (Fsp3) is 0.500. The van der Waals surface area contributed by atoms with Crippen LogP contribution in [0, 0.1) is 20.8 Å². The minimum atomic E-state index is 0.0500. The molecule has 0 heterocycles. The van der Waals surface area contributed by atoms with Gasteiger partial charge in [-0.05, 0) is 56.5 Å². The van der Waals surface area contributed by atoms with Gasteiger partial charge in [-0.1, -0.05) is 12.1 Å². The molecule has 17 heavy (non-hydrogen) atoms. The molecule has 1 aromatic rings. The number of aryl methyl sites for hydroxylation is 1. The fourth-order valence-electron chi connectivity index (χ4n) is 1.84. The zero-order valence-electron chi connectivity index (χ0n) is 11.2. The van der Waals surface area contributed by atoms with Gasteiger partial charge in [-0.25, -0.2) is 0 Å². The Hall–Kier alpha value is -1.35. The van der Waals surface area contributed by atoms with E-state index in [2.05, 4.69) is 43.5 Å². The number of benzene rings is 1. The number of hydrogen-bond donors (Lipinski definition) is 2. The van der Waals surface area contributed by atoms with Crippen LogP contribution in [0.1, 0.15) is 22.3 Å². The molecule has 0 bridgehead atoms. The molecule has 0 aromatic heterocycles. The molecule has 0 saturated heterocycles. The zero-order valence-corrected chi connectivity index (χ0v) is 11.2. The van der Waals surface area contributed by atoms with Crippen LogP contribution < -0.4 is 10.6 Å². The minimum Gasteiger partial charge on any atom is -0.355 e. The maximum absolute atomic E-state index is 11.3. The molecule has 3 nitrogen and oxygen atoms in total. The summed E-state index contributed by atoms with van der Waals surface area (Å²) in [4.78, 5) is 11.3. The molecule has 1 rings (SSSR count). The number of rotatable bonds is 5. The van der Waals surface area contributed by atoms with Crippen LogP contribution in [0.3, 0.4) is 0 Å². The highest BCUT2D eigenvalue weighted by Gasteiger charge is 2.04. The third-order valence-corrected chi connectivity index (χ3v) is 3.22. The Labute approximate surface area is 104 Å². The Morgan fingerprint density at radius 3 is 2.53 bits per heavy atom. The summed E-state index contributed by atoms with van der Waals surface area (Å²) in [7, 11) is 1.77. The van der Waals surface area contributed by atoms with Gasteiger partial charge in [0.15, 0.2) is 0 Å². The van der Waals surface area contributed by atoms with E-state index in [9.17, 15) is 4.79 Å². The summed E-state index contributed by atoms with van der Waals surface area (Å²) in [5.41, 5.74) is 5.33. The molecule has 0 radical (unpaired) electrons. The van der Waals surface area contributed by atoms with Gasteiger partial charge in [0.1, 0.15) is 0 Å². The van der Waals surface area contributed by atoms with Gasteiger partial charge in [0, 0.05) is 6.54 Å². The van der Waals surface area contributed by atoms with Crippen LogP contribution in [-0.4, -0.2) is 26.0 Å². The largest absolute Gasteiger partial charge is 0.355 e. The van der Waals surface area contributed by atoms with Gasteiger partial charge >= 0.3 is 0 Å². The lowest BCUT2D eigenvalue weighted by atomic mass is 9.97. The van der Waals surface area contributed by atoms with Crippen LogP contribution in [0.15, 0.2) is 12.1 Å². The third kappa shape index (κ3) is 3.86. The van der Waals surface area contributed by atoms with Crippen molar-refractivity contribution in [3.05, 3.63) is 34.4 Å². The second-order valence-electron chi connectivity index (χ2n) is 4.42. The van der Waals surface area contributed by atoms with Crippen molar-refractivity contribution in [3.8, 4) is 0 Å². The molecule has 0 aliphatic heterocycles. The molecule has 0 atom stereocenters. The summed E-state index contributed by atoms with van der Waals surface area (Å²) in [5, 5.41) is 5.72. The highest BCUT2D eigenvalue weighted by Crippen LogP contribution is 2.17. The van der Waals surface area contributed by atoms with Crippen molar-refractivity contribution in [2.75, 3.05) is 20.1 Å². The average molecular weight is 234 g/mol. The predicted octanol–water partition coefficient (Wildman–Crippen LogP) is 1.49. The van der Waals surface area contributed by atoms with Crippen molar-refractivity contribution in [1.82, 2.24) is 10.6 Å². The van der Waals surface area contributed by atoms with E-state index < -0.39 is 0 Å². The predicted molar refractivity (Wildman–Crippen MR) is 71.3 cm³/mol. The first-order chi connectivity index (χ1) is 8.06. The highest BCUT2D eigenvalue weighted by atomic mass is 16.1. The molecule has 1 aromatic carbocycles. The van der Waals surface area contributed by atoms with Crippen molar-refractivity contribution in [3.63, 3.8) is 0 Å². The van der Waals surface area contributed by atoms with E-state index in [0.29, 0.717) is 13.1 Å². The fourth-order valence-corrected chi connectivity index (χ4v) is 1.84. The smallest absolute Gasteiger partial charge is 0.233 e. The molecular formula is C14H22N2O. The normalized spacial score (nSPS) is 10.4. The van der Waals surface area contributed by atoms with Crippen LogP contribution in [0.4, 0.5) is 0 Å². The van der Waals surface area contributed by atoms with Crippen molar-refractivity contribution in [2.24, 2.45) is 0 Å². The first-order valence-corrected chi connectivity index (χ1v) is 6.03. The van der Waals surface area contributed by atoms with Crippen molar-refractivity contribution in [2.45, 2.75) is 27.2 Å². The Kier molecular flexibility index (Phi) is 5.16. The average Bonchev–Trinajstić information content (AvgIpc) is 2.29. The van der Waals surface area contributed by atoms with Crippen LogP contribution in [-0.2, 0) is 11.2 Å². The second-order valence-corrected chi connectivity index (χ2v) is 4.42. The summed E-state index contributed by atoms with van der Waals surface area (Å²) in [6.45, 7) is 7.50. The molecule has 0 aliphatic rings. The lowest BCUT2D eigenvalue weighted by molar-refractivity contribution is -0.120. The van der Waals surface area contributed by atoms with Gasteiger partial charge < -0.3 is 10.6 Å². The molecule has 1 amide bonds. The van der Waals surface area contributed by atoms with Crippen molar-refractivity contribution < 1.29 is 4.79 Å². The van der Waals surface area contributed by atoms with E-state index in [-0.39, 0.29) is 5.91 Å². The summed E-state index contributed by atoms with van der Waals surface area (Å²) < 4.78 is 0. The number of carbonyl (C=O) groups excluding carboxylic acids is 1. The SMILES string of the molecule is CNCC(=O)NCCc1ccc(C)c(C)c1C. The Morgan fingerprint density at radius 2 is 1.88 bits per heavy atom. The number of hydrogen-bond acceptors (Lipinski definition) is 2. The van der Waals surface area contributed by atoms with Gasteiger partial charge in [-0.15, -0.1) is 0 Å². The molecule has 2 N–H and O–H groups in total. The molecule has 0 spiro atoms. The number of nitrogens with one attached hydrogen (secondary N) is 2. The van der Waals surface area contributed by atoms with E-state index in [4.69, 9.17) is 0 Å². The Bertz CT molecular complexity index is 399. The second kappa shape index (κ2) is 6.40. The summed E-state index contributed by atoms with van der Waals surface area (Å²) >= 11 is 0. The molecule has 0 fully saturated rings. The number of carbonyl (C=O) groups is 1. The van der Waals surface area contributed by atoms with Gasteiger partial charge in [0.2, 0.25) is 5.91 Å². The lowest BCUT2D eigenvalue weighted by Crippen LogP contribution is -2.33. The number of amides is 1. The topological polar surface area (TPSA) is 41.1 Å². The Morgan fingerprint density at radius 1 is 1.18 bits per heavy atom. The van der Waals surface area contributed by atoms with Gasteiger partial charge in [-0.3, -0.25) is 4.79 Å². The highest BCUT2D eigenvalue weighted by molar-refractivity contribution is 5.77. The summed E-state index contributed by atoms with van der Waals surface area (Å²) in [5.74, 6) is 0.0500. The van der Waals surface area contributed by atoms with E-state index >= 15 is 0 Å². The standard InChI is InChI=1S/C14H22N2O/c1-10-5-6-13(12(3)11(10)2)7-8-16-14(17)9-15-4/h5-6,15H,7-9H2,1-4H3,(H,16,17). The molecule has 0 unspecified atom stereocenters. The Balaban J connectivity index is 2.53. The first kappa shape index (κ1) is 13.7. The van der Waals surface area contributed by atoms with Crippen LogP contribution >= 0.6 is 0 Å². The van der Waals surface area contributed by atoms with Gasteiger partial charge in [-0.2, -0.15) is 0 Å². The van der Waals surface area contributed by atoms with Crippen LogP contribution in [0.25, 0.3) is 0 Å². The molecule has 0 aliphatic carbocycles. The maximum atomic E-state index is 11.3. The minimum absolute atomic E-state index is 0.0500. The maximum Gasteiger partial charge on any atom is 0.233 e. The molecule has 0 saturated carbocycles. The van der Waals surface area contributed by atoms with Crippen LogP contribution in [0.2, 0.25) is 0 Å². The first-order valence-electron chi connectivity index (χ1n) is 6.03. The van der Waals surface area contributed by atoms with E-state index in [1.807, 2.05) is 0 Å². The van der Waals surface area contributed by atoms with E-state index in [0.717, 1.165) is 6.42 Å². The monoisotopic (exact) mass is 234 g/mol. The van der Waals surface area contributed by atoms with Gasteiger partial charge in [0.05, 0.1) is 6.54 Å². The zero-order chi connectivity index (χ0) is 12.8. The number of likely N-dealkylation sites (N-methyl/N-ethyl adjacent to an activating group) is 1. The van der Waals surface area contributed by atoms with Gasteiger partial charge in [0.25, 0.3) is 0 Å². The molecule has 94 valence electrons. The van der Waals surface area contributed by atoms with Crippen LogP contribution in [0.5, 0.6) is 0 Å². The summed E-state index contributed by atoms with van der Waals surface area (Å²) in [6.07, 6.45) is 0.891. The van der Waals surface area contributed by atoms with E-state index in [1.54, 1.807) is 7.05 Å². The quantitative estimate of drug-likeness (QED) is 0.810. The summed E-state index contributed by atoms with van der Waals surface area (Å²) in [6, 6.07) is 4.30. The van der Waals surface area contributed by atoms with Crippen molar-refractivity contribution >= 4 is 5.91 Å². The molecular weight excluding hydrogens is 212 g/mol. The lowest BCUT2D eigenvalue weighted by Gasteiger charge is -2.11.